The maximum atomic E-state index is 13.1. The predicted octanol–water partition coefficient (Wildman–Crippen LogP) is 3.69. The summed E-state index contributed by atoms with van der Waals surface area (Å²) in [5.74, 6) is -0.0412. The van der Waals surface area contributed by atoms with Gasteiger partial charge in [0, 0.05) is 41.8 Å². The smallest absolute Gasteiger partial charge is 0.282 e. The van der Waals surface area contributed by atoms with Crippen molar-refractivity contribution in [1.29, 1.82) is 0 Å². The molecule has 1 aliphatic rings. The van der Waals surface area contributed by atoms with Crippen LogP contribution in [-0.2, 0) is 0 Å². The molecule has 1 amide bonds. The van der Waals surface area contributed by atoms with E-state index in [0.717, 1.165) is 36.3 Å². The van der Waals surface area contributed by atoms with E-state index in [2.05, 4.69) is 15.2 Å². The van der Waals surface area contributed by atoms with Crippen LogP contribution in [-0.4, -0.2) is 39.1 Å². The molecule has 25 heavy (non-hydrogen) atoms. The molecule has 1 aliphatic heterocycles. The van der Waals surface area contributed by atoms with Gasteiger partial charge in [0.2, 0.25) is 0 Å². The quantitative estimate of drug-likeness (QED) is 0.778. The zero-order valence-corrected chi connectivity index (χ0v) is 14.3. The lowest BCUT2D eigenvalue weighted by molar-refractivity contribution is 0.0705. The Balaban J connectivity index is 1.50. The summed E-state index contributed by atoms with van der Waals surface area (Å²) in [4.78, 5) is 18.5. The minimum Gasteiger partial charge on any atom is -0.336 e. The number of H-pyrrole nitrogens is 1. The topological polar surface area (TPSA) is 61.9 Å². The number of hydrogen-bond acceptors (Lipinski definition) is 4. The van der Waals surface area contributed by atoms with Gasteiger partial charge in [-0.1, -0.05) is 0 Å². The SMILES string of the molecule is O=C(c1nccs1)N1CCC[C@H](c2cc(-c3ccc(F)cc3)n[nH]2)C1. The Morgan fingerprint density at radius 1 is 1.32 bits per heavy atom. The number of rotatable bonds is 3. The van der Waals surface area contributed by atoms with Crippen molar-refractivity contribution in [3.8, 4) is 11.3 Å². The molecule has 1 aromatic carbocycles. The molecule has 5 nitrogen and oxygen atoms in total. The first-order chi connectivity index (χ1) is 12.2. The number of carbonyl (C=O) groups is 1. The van der Waals surface area contributed by atoms with Crippen LogP contribution in [0, 0.1) is 5.82 Å². The Hall–Kier alpha value is -2.54. The van der Waals surface area contributed by atoms with Gasteiger partial charge in [-0.3, -0.25) is 9.89 Å². The molecule has 0 radical (unpaired) electrons. The fourth-order valence-corrected chi connectivity index (χ4v) is 3.80. The first-order valence-electron chi connectivity index (χ1n) is 8.21. The zero-order chi connectivity index (χ0) is 17.2. The van der Waals surface area contributed by atoms with Crippen LogP contribution in [0.3, 0.4) is 0 Å². The second-order valence-corrected chi connectivity index (χ2v) is 7.04. The third kappa shape index (κ3) is 3.32. The summed E-state index contributed by atoms with van der Waals surface area (Å²) in [6.07, 6.45) is 3.61. The third-order valence-corrected chi connectivity index (χ3v) is 5.26. The number of halogens is 1. The van der Waals surface area contributed by atoms with Crippen LogP contribution in [0.25, 0.3) is 11.3 Å². The van der Waals surface area contributed by atoms with E-state index in [0.29, 0.717) is 11.6 Å². The molecule has 4 rings (SSSR count). The van der Waals surface area contributed by atoms with Gasteiger partial charge in [-0.25, -0.2) is 9.37 Å². The van der Waals surface area contributed by atoms with Crippen molar-refractivity contribution in [2.45, 2.75) is 18.8 Å². The molecule has 1 saturated heterocycles. The fraction of sp³-hybridized carbons (Fsp3) is 0.278. The molecule has 3 aromatic rings. The number of carbonyl (C=O) groups excluding carboxylic acids is 1. The van der Waals surface area contributed by atoms with Crippen LogP contribution in [0.15, 0.2) is 41.9 Å². The average molecular weight is 356 g/mol. The number of aromatic amines is 1. The van der Waals surface area contributed by atoms with Crippen LogP contribution >= 0.6 is 11.3 Å². The van der Waals surface area contributed by atoms with Crippen LogP contribution in [0.5, 0.6) is 0 Å². The van der Waals surface area contributed by atoms with Gasteiger partial charge in [0.05, 0.1) is 5.69 Å². The van der Waals surface area contributed by atoms with E-state index in [1.54, 1.807) is 18.3 Å². The van der Waals surface area contributed by atoms with Crippen molar-refractivity contribution in [3.63, 3.8) is 0 Å². The van der Waals surface area contributed by atoms with E-state index in [-0.39, 0.29) is 17.6 Å². The van der Waals surface area contributed by atoms with Gasteiger partial charge < -0.3 is 4.90 Å². The highest BCUT2D eigenvalue weighted by Gasteiger charge is 2.27. The van der Waals surface area contributed by atoms with E-state index >= 15 is 0 Å². The molecule has 0 saturated carbocycles. The molecule has 0 aliphatic carbocycles. The highest BCUT2D eigenvalue weighted by Crippen LogP contribution is 2.29. The number of thiazole rings is 1. The molecule has 128 valence electrons. The van der Waals surface area contributed by atoms with E-state index in [9.17, 15) is 9.18 Å². The Morgan fingerprint density at radius 3 is 2.92 bits per heavy atom. The summed E-state index contributed by atoms with van der Waals surface area (Å²) in [6.45, 7) is 1.41. The van der Waals surface area contributed by atoms with Crippen LogP contribution < -0.4 is 0 Å². The van der Waals surface area contributed by atoms with E-state index < -0.39 is 0 Å². The first kappa shape index (κ1) is 16.0. The summed E-state index contributed by atoms with van der Waals surface area (Å²) < 4.78 is 13.1. The lowest BCUT2D eigenvalue weighted by Crippen LogP contribution is -2.39. The molecule has 0 bridgehead atoms. The monoisotopic (exact) mass is 356 g/mol. The Kier molecular flexibility index (Phi) is 4.31. The number of likely N-dealkylation sites (tertiary alicyclic amines) is 1. The van der Waals surface area contributed by atoms with Crippen LogP contribution in [0.2, 0.25) is 0 Å². The maximum Gasteiger partial charge on any atom is 0.282 e. The van der Waals surface area contributed by atoms with Gasteiger partial charge in [-0.2, -0.15) is 5.10 Å². The Bertz CT molecular complexity index is 860. The Morgan fingerprint density at radius 2 is 2.16 bits per heavy atom. The largest absolute Gasteiger partial charge is 0.336 e. The zero-order valence-electron chi connectivity index (χ0n) is 13.5. The molecular weight excluding hydrogens is 339 g/mol. The van der Waals surface area contributed by atoms with Gasteiger partial charge in [0.15, 0.2) is 5.01 Å². The van der Waals surface area contributed by atoms with Crippen molar-refractivity contribution in [3.05, 3.63) is 58.4 Å². The summed E-state index contributed by atoms with van der Waals surface area (Å²) in [5.41, 5.74) is 2.67. The molecule has 1 fully saturated rings. The summed E-state index contributed by atoms with van der Waals surface area (Å²) in [5, 5.41) is 9.80. The van der Waals surface area contributed by atoms with Crippen molar-refractivity contribution in [2.24, 2.45) is 0 Å². The molecular formula is C18H17FN4OS. The van der Waals surface area contributed by atoms with Crippen molar-refractivity contribution in [2.75, 3.05) is 13.1 Å². The number of hydrogen-bond donors (Lipinski definition) is 1. The van der Waals surface area contributed by atoms with Gasteiger partial charge in [-0.05, 0) is 43.2 Å². The standard InChI is InChI=1S/C18H17FN4OS/c19-14-5-3-12(4-6-14)15-10-16(22-21-15)13-2-1-8-23(11-13)18(24)17-20-7-9-25-17/h3-7,9-10,13H,1-2,8,11H2,(H,21,22)/t13-/m0/s1. The van der Waals surface area contributed by atoms with Gasteiger partial charge in [-0.15, -0.1) is 11.3 Å². The average Bonchev–Trinajstić information content (AvgIpc) is 3.34. The normalized spacial score (nSPS) is 17.6. The number of benzene rings is 1. The molecule has 7 heteroatoms. The number of aromatic nitrogens is 3. The molecule has 3 heterocycles. The van der Waals surface area contributed by atoms with Crippen molar-refractivity contribution < 1.29 is 9.18 Å². The summed E-state index contributed by atoms with van der Waals surface area (Å²) in [6, 6.07) is 8.29. The third-order valence-electron chi connectivity index (χ3n) is 4.50. The van der Waals surface area contributed by atoms with Gasteiger partial charge >= 0.3 is 0 Å². The van der Waals surface area contributed by atoms with Crippen LogP contribution in [0.4, 0.5) is 4.39 Å². The van der Waals surface area contributed by atoms with Gasteiger partial charge in [0.1, 0.15) is 5.82 Å². The second kappa shape index (κ2) is 6.76. The van der Waals surface area contributed by atoms with Crippen molar-refractivity contribution >= 4 is 17.2 Å². The number of amides is 1. The number of nitrogens with zero attached hydrogens (tertiary/aromatic N) is 3. The lowest BCUT2D eigenvalue weighted by Gasteiger charge is -2.31. The highest BCUT2D eigenvalue weighted by atomic mass is 32.1. The minimum atomic E-state index is -0.261. The molecule has 2 aromatic heterocycles. The lowest BCUT2D eigenvalue weighted by atomic mass is 9.94. The Labute approximate surface area is 148 Å². The minimum absolute atomic E-state index is 0.00188. The van der Waals surface area contributed by atoms with Gasteiger partial charge in [0.25, 0.3) is 5.91 Å². The summed E-state index contributed by atoms with van der Waals surface area (Å²) in [7, 11) is 0. The fourth-order valence-electron chi connectivity index (χ4n) is 3.19. The number of nitrogens with one attached hydrogen (secondary N) is 1. The summed E-state index contributed by atoms with van der Waals surface area (Å²) >= 11 is 1.37. The molecule has 0 unspecified atom stereocenters. The number of piperidine rings is 1. The molecule has 1 N–H and O–H groups in total. The van der Waals surface area contributed by atoms with Crippen LogP contribution in [0.1, 0.15) is 34.3 Å². The second-order valence-electron chi connectivity index (χ2n) is 6.14. The first-order valence-corrected chi connectivity index (χ1v) is 9.08. The molecule has 0 spiro atoms. The highest BCUT2D eigenvalue weighted by molar-refractivity contribution is 7.11. The van der Waals surface area contributed by atoms with Crippen molar-refractivity contribution in [1.82, 2.24) is 20.1 Å². The maximum absolute atomic E-state index is 13.1. The predicted molar refractivity (Wildman–Crippen MR) is 94.0 cm³/mol. The van der Waals surface area contributed by atoms with E-state index in [4.69, 9.17) is 0 Å². The van der Waals surface area contributed by atoms with E-state index in [1.165, 1.54) is 23.5 Å². The van der Waals surface area contributed by atoms with E-state index in [1.807, 2.05) is 16.3 Å². The molecule has 1 atom stereocenters.